The molecule has 0 aliphatic carbocycles. The molecular weight excluding hydrogens is 320 g/mol. The fourth-order valence-electron chi connectivity index (χ4n) is 0.485. The first kappa shape index (κ1) is 25.5. The van der Waals surface area contributed by atoms with Crippen LogP contribution in [-0.4, -0.2) is 67.8 Å². The van der Waals surface area contributed by atoms with E-state index in [4.69, 9.17) is 25.5 Å². The second kappa shape index (κ2) is 14.5. The van der Waals surface area contributed by atoms with Gasteiger partial charge in [0.15, 0.2) is 0 Å². The maximum Gasteiger partial charge on any atom is 0.316 e. The van der Waals surface area contributed by atoms with Gasteiger partial charge in [-0.05, 0) is 20.3 Å². The highest BCUT2D eigenvalue weighted by atomic mass is 32.1. The van der Waals surface area contributed by atoms with Crippen LogP contribution < -0.4 is 0 Å². The van der Waals surface area contributed by atoms with Crippen molar-refractivity contribution in [2.24, 2.45) is 5.41 Å². The Labute approximate surface area is 135 Å². The minimum Gasteiger partial charge on any atom is -0.480 e. The monoisotopic (exact) mass is 346 g/mol. The summed E-state index contributed by atoms with van der Waals surface area (Å²) in [6.45, 7) is 4.36. The van der Waals surface area contributed by atoms with Crippen molar-refractivity contribution in [3.8, 4) is 0 Å². The smallest absolute Gasteiger partial charge is 0.316 e. The third-order valence-corrected chi connectivity index (χ3v) is 2.91. The Hall–Kier alpha value is -0.480. The zero-order valence-corrected chi connectivity index (χ0v) is 14.2. The third-order valence-electron chi connectivity index (χ3n) is 2.47. The standard InChI is InChI=1S/C6H14O3.2C3H6O2S/c1-2-6(3-7,4-8)5-9;2*1-2(6)3(4)5/h7-9H,2-5H2,1H3;2*2,6H,1H3,(H,4,5). The molecule has 0 aromatic heterocycles. The Morgan fingerprint density at radius 3 is 1.10 bits per heavy atom. The van der Waals surface area contributed by atoms with Crippen molar-refractivity contribution in [1.82, 2.24) is 0 Å². The maximum absolute atomic E-state index is 9.62. The van der Waals surface area contributed by atoms with Gasteiger partial charge >= 0.3 is 11.9 Å². The minimum atomic E-state index is -0.877. The highest BCUT2D eigenvalue weighted by Crippen LogP contribution is 2.18. The Balaban J connectivity index is -0.000000240. The van der Waals surface area contributed by atoms with E-state index in [9.17, 15) is 9.59 Å². The first-order valence-electron chi connectivity index (χ1n) is 6.17. The van der Waals surface area contributed by atoms with Crippen LogP contribution in [0.5, 0.6) is 0 Å². The van der Waals surface area contributed by atoms with Gasteiger partial charge in [0, 0.05) is 5.41 Å². The van der Waals surface area contributed by atoms with Gasteiger partial charge < -0.3 is 25.5 Å². The predicted octanol–water partition coefficient (Wildman–Crippen LogP) is 0.138. The van der Waals surface area contributed by atoms with Gasteiger partial charge in [0.05, 0.1) is 30.3 Å². The van der Waals surface area contributed by atoms with E-state index in [-0.39, 0.29) is 19.8 Å². The second-order valence-corrected chi connectivity index (χ2v) is 5.91. The zero-order chi connectivity index (χ0) is 17.6. The molecular formula is C12H26O7S2. The average Bonchev–Trinajstić information content (AvgIpc) is 2.43. The number of hydrogen-bond donors (Lipinski definition) is 7. The van der Waals surface area contributed by atoms with Crippen molar-refractivity contribution in [1.29, 1.82) is 0 Å². The molecule has 9 heteroatoms. The number of carbonyl (C=O) groups is 2. The molecule has 0 aromatic rings. The fraction of sp³-hybridized carbons (Fsp3) is 0.833. The van der Waals surface area contributed by atoms with E-state index in [0.29, 0.717) is 6.42 Å². The molecule has 0 heterocycles. The highest BCUT2D eigenvalue weighted by Gasteiger charge is 2.24. The largest absolute Gasteiger partial charge is 0.480 e. The van der Waals surface area contributed by atoms with E-state index in [1.165, 1.54) is 13.8 Å². The summed E-state index contributed by atoms with van der Waals surface area (Å²) < 4.78 is 0. The average molecular weight is 346 g/mol. The van der Waals surface area contributed by atoms with Crippen LogP contribution in [0.15, 0.2) is 0 Å². The van der Waals surface area contributed by atoms with Gasteiger partial charge in [-0.25, -0.2) is 0 Å². The molecule has 0 aliphatic rings. The molecule has 21 heavy (non-hydrogen) atoms. The van der Waals surface area contributed by atoms with E-state index in [2.05, 4.69) is 25.3 Å². The molecule has 0 rings (SSSR count). The minimum absolute atomic E-state index is 0.156. The van der Waals surface area contributed by atoms with Crippen molar-refractivity contribution in [2.75, 3.05) is 19.8 Å². The fourth-order valence-corrected chi connectivity index (χ4v) is 0.485. The van der Waals surface area contributed by atoms with Crippen molar-refractivity contribution in [3.05, 3.63) is 0 Å². The number of hydrogen-bond acceptors (Lipinski definition) is 7. The lowest BCUT2D eigenvalue weighted by molar-refractivity contribution is -0.137. The van der Waals surface area contributed by atoms with E-state index < -0.39 is 27.9 Å². The van der Waals surface area contributed by atoms with Gasteiger partial charge in [-0.1, -0.05) is 6.92 Å². The Morgan fingerprint density at radius 2 is 1.10 bits per heavy atom. The zero-order valence-electron chi connectivity index (χ0n) is 12.4. The summed E-state index contributed by atoms with van der Waals surface area (Å²) in [5, 5.41) is 40.7. The maximum atomic E-state index is 9.62. The van der Waals surface area contributed by atoms with Gasteiger partial charge in [-0.2, -0.15) is 25.3 Å². The molecule has 128 valence electrons. The third kappa shape index (κ3) is 15.7. The second-order valence-electron chi connectivity index (χ2n) is 4.36. The van der Waals surface area contributed by atoms with E-state index in [1.807, 2.05) is 6.92 Å². The first-order valence-corrected chi connectivity index (χ1v) is 7.21. The van der Waals surface area contributed by atoms with Crippen LogP contribution in [0.1, 0.15) is 27.2 Å². The lowest BCUT2D eigenvalue weighted by Gasteiger charge is -2.24. The highest BCUT2D eigenvalue weighted by molar-refractivity contribution is 7.81. The number of carboxylic acid groups (broad SMARTS) is 2. The summed E-state index contributed by atoms with van der Waals surface area (Å²) in [4.78, 5) is 19.2. The van der Waals surface area contributed by atoms with E-state index >= 15 is 0 Å². The summed E-state index contributed by atoms with van der Waals surface area (Å²) in [5.74, 6) is -1.75. The molecule has 2 atom stereocenters. The van der Waals surface area contributed by atoms with Crippen LogP contribution in [0.4, 0.5) is 0 Å². The van der Waals surface area contributed by atoms with E-state index in [1.54, 1.807) is 0 Å². The summed E-state index contributed by atoms with van der Waals surface area (Å²) in [6, 6.07) is 0. The topological polar surface area (TPSA) is 135 Å². The Morgan fingerprint density at radius 1 is 0.905 bits per heavy atom. The lowest BCUT2D eigenvalue weighted by atomic mass is 9.88. The van der Waals surface area contributed by atoms with Crippen LogP contribution in [0.3, 0.4) is 0 Å². The molecule has 0 saturated carbocycles. The SMILES string of the molecule is CC(S)C(=O)O.CC(S)C(=O)O.CCC(CO)(CO)CO. The van der Waals surface area contributed by atoms with Crippen molar-refractivity contribution in [2.45, 2.75) is 37.7 Å². The van der Waals surface area contributed by atoms with Crippen LogP contribution in [0.2, 0.25) is 0 Å². The molecule has 0 fully saturated rings. The number of rotatable bonds is 6. The van der Waals surface area contributed by atoms with E-state index in [0.717, 1.165) is 0 Å². The number of aliphatic hydroxyl groups excluding tert-OH is 3. The quantitative estimate of drug-likeness (QED) is 0.340. The Kier molecular flexibility index (Phi) is 17.5. The van der Waals surface area contributed by atoms with Crippen LogP contribution in [0.25, 0.3) is 0 Å². The van der Waals surface area contributed by atoms with Crippen LogP contribution >= 0.6 is 25.3 Å². The number of aliphatic carboxylic acids is 2. The molecule has 2 unspecified atom stereocenters. The van der Waals surface area contributed by atoms with Gasteiger partial charge in [0.1, 0.15) is 0 Å². The van der Waals surface area contributed by atoms with Gasteiger partial charge in [-0.3, -0.25) is 9.59 Å². The summed E-state index contributed by atoms with van der Waals surface area (Å²) in [5.41, 5.74) is -0.667. The summed E-state index contributed by atoms with van der Waals surface area (Å²) in [6.07, 6.45) is 0.594. The van der Waals surface area contributed by atoms with Crippen LogP contribution in [-0.2, 0) is 9.59 Å². The first-order chi connectivity index (χ1) is 9.53. The molecule has 0 saturated heterocycles. The molecule has 5 N–H and O–H groups in total. The molecule has 0 aliphatic heterocycles. The van der Waals surface area contributed by atoms with Crippen LogP contribution in [0, 0.1) is 5.41 Å². The molecule has 0 aromatic carbocycles. The molecule has 0 amide bonds. The molecule has 0 bridgehead atoms. The summed E-state index contributed by atoms with van der Waals surface area (Å²) >= 11 is 7.19. The molecule has 0 spiro atoms. The van der Waals surface area contributed by atoms with Crippen molar-refractivity contribution in [3.63, 3.8) is 0 Å². The Bertz CT molecular complexity index is 243. The predicted molar refractivity (Wildman–Crippen MR) is 86.1 cm³/mol. The van der Waals surface area contributed by atoms with Gasteiger partial charge in [0.25, 0.3) is 0 Å². The molecule has 0 radical (unpaired) electrons. The van der Waals surface area contributed by atoms with Crippen molar-refractivity contribution >= 4 is 37.2 Å². The molecule has 7 nitrogen and oxygen atoms in total. The number of carboxylic acids is 2. The normalized spacial score (nSPS) is 13.0. The van der Waals surface area contributed by atoms with Gasteiger partial charge in [0.2, 0.25) is 0 Å². The number of aliphatic hydroxyl groups is 3. The van der Waals surface area contributed by atoms with Crippen molar-refractivity contribution < 1.29 is 35.1 Å². The lowest BCUT2D eigenvalue weighted by Crippen LogP contribution is -2.32. The number of thiol groups is 2. The van der Waals surface area contributed by atoms with Gasteiger partial charge in [-0.15, -0.1) is 0 Å². The summed E-state index contributed by atoms with van der Waals surface area (Å²) in [7, 11) is 0.